The lowest BCUT2D eigenvalue weighted by atomic mass is 10.3. The minimum Gasteiger partial charge on any atom is -0.342 e. The number of rotatable bonds is 5. The molecular formula is C16H24FN3O3S. The Morgan fingerprint density at radius 1 is 1.25 bits per heavy atom. The fourth-order valence-electron chi connectivity index (χ4n) is 2.50. The Bertz CT molecular complexity index is 686. The highest BCUT2D eigenvalue weighted by atomic mass is 32.2. The van der Waals surface area contributed by atoms with Crippen molar-refractivity contribution in [2.75, 3.05) is 39.8 Å². The SMILES string of the molecule is CC(C)N(C)C(=O)CN1CCN(S(=O)(=O)c2cccc(F)c2)CC1. The van der Waals surface area contributed by atoms with Crippen LogP contribution in [0.15, 0.2) is 29.2 Å². The first kappa shape index (κ1) is 18.8. The highest BCUT2D eigenvalue weighted by molar-refractivity contribution is 7.89. The Morgan fingerprint density at radius 3 is 2.42 bits per heavy atom. The van der Waals surface area contributed by atoms with Crippen LogP contribution in [0.1, 0.15) is 13.8 Å². The van der Waals surface area contributed by atoms with Crippen LogP contribution < -0.4 is 0 Å². The summed E-state index contributed by atoms with van der Waals surface area (Å²) < 4.78 is 39.7. The van der Waals surface area contributed by atoms with E-state index in [4.69, 9.17) is 0 Å². The van der Waals surface area contributed by atoms with Crippen LogP contribution in [-0.4, -0.2) is 74.2 Å². The average Bonchev–Trinajstić information content (AvgIpc) is 2.54. The molecule has 1 fully saturated rings. The molecule has 0 spiro atoms. The minimum absolute atomic E-state index is 0.0198. The quantitative estimate of drug-likeness (QED) is 0.789. The predicted molar refractivity (Wildman–Crippen MR) is 89.5 cm³/mol. The molecule has 0 atom stereocenters. The number of amides is 1. The fraction of sp³-hybridized carbons (Fsp3) is 0.562. The first-order chi connectivity index (χ1) is 11.2. The molecule has 1 amide bonds. The van der Waals surface area contributed by atoms with Crippen LogP contribution in [0.3, 0.4) is 0 Å². The first-order valence-corrected chi connectivity index (χ1v) is 9.39. The average molecular weight is 357 g/mol. The Labute approximate surface area is 142 Å². The van der Waals surface area contributed by atoms with E-state index in [0.717, 1.165) is 6.07 Å². The van der Waals surface area contributed by atoms with Crippen molar-refractivity contribution in [2.24, 2.45) is 0 Å². The molecule has 1 aromatic rings. The monoisotopic (exact) mass is 357 g/mol. The summed E-state index contributed by atoms with van der Waals surface area (Å²) in [7, 11) is -1.93. The number of sulfonamides is 1. The maximum Gasteiger partial charge on any atom is 0.243 e. The van der Waals surface area contributed by atoms with Gasteiger partial charge in [-0.3, -0.25) is 9.69 Å². The third-order valence-electron chi connectivity index (χ3n) is 4.29. The van der Waals surface area contributed by atoms with Gasteiger partial charge in [-0.25, -0.2) is 12.8 Å². The van der Waals surface area contributed by atoms with Gasteiger partial charge in [-0.15, -0.1) is 0 Å². The van der Waals surface area contributed by atoms with Crippen LogP contribution in [0.4, 0.5) is 4.39 Å². The largest absolute Gasteiger partial charge is 0.342 e. The molecule has 1 saturated heterocycles. The summed E-state index contributed by atoms with van der Waals surface area (Å²) in [6.07, 6.45) is 0. The van der Waals surface area contributed by atoms with Crippen molar-refractivity contribution in [3.8, 4) is 0 Å². The fourth-order valence-corrected chi connectivity index (χ4v) is 3.95. The van der Waals surface area contributed by atoms with Gasteiger partial charge in [0.05, 0.1) is 11.4 Å². The van der Waals surface area contributed by atoms with Gasteiger partial charge >= 0.3 is 0 Å². The normalized spacial score (nSPS) is 17.2. The van der Waals surface area contributed by atoms with Crippen molar-refractivity contribution in [1.29, 1.82) is 0 Å². The van der Waals surface area contributed by atoms with Crippen LogP contribution in [0, 0.1) is 5.82 Å². The van der Waals surface area contributed by atoms with Gasteiger partial charge in [0.2, 0.25) is 15.9 Å². The number of hydrogen-bond acceptors (Lipinski definition) is 4. The summed E-state index contributed by atoms with van der Waals surface area (Å²) in [6, 6.07) is 5.16. The molecule has 0 saturated carbocycles. The molecule has 8 heteroatoms. The maximum atomic E-state index is 13.3. The van der Waals surface area contributed by atoms with Crippen molar-refractivity contribution >= 4 is 15.9 Å². The molecule has 6 nitrogen and oxygen atoms in total. The van der Waals surface area contributed by atoms with Gasteiger partial charge < -0.3 is 4.90 Å². The topological polar surface area (TPSA) is 60.9 Å². The molecule has 2 rings (SSSR count). The second kappa shape index (κ2) is 7.58. The standard InChI is InChI=1S/C16H24FN3O3S/c1-13(2)18(3)16(21)12-19-7-9-20(10-8-19)24(22,23)15-6-4-5-14(17)11-15/h4-6,11,13H,7-10,12H2,1-3H3. The van der Waals surface area contributed by atoms with Crippen LogP contribution in [0.25, 0.3) is 0 Å². The zero-order chi connectivity index (χ0) is 17.9. The summed E-state index contributed by atoms with van der Waals surface area (Å²) in [4.78, 5) is 15.7. The molecule has 1 heterocycles. The van der Waals surface area contributed by atoms with Gasteiger partial charge in [0.1, 0.15) is 5.82 Å². The summed E-state index contributed by atoms with van der Waals surface area (Å²) in [6.45, 7) is 5.71. The Kier molecular flexibility index (Phi) is 5.95. The van der Waals surface area contributed by atoms with Crippen molar-refractivity contribution in [2.45, 2.75) is 24.8 Å². The summed E-state index contributed by atoms with van der Waals surface area (Å²) in [5.74, 6) is -0.552. The van der Waals surface area contributed by atoms with E-state index in [1.165, 1.54) is 22.5 Å². The lowest BCUT2D eigenvalue weighted by Crippen LogP contribution is -2.51. The van der Waals surface area contributed by atoms with Crippen LogP contribution in [-0.2, 0) is 14.8 Å². The molecule has 1 aliphatic rings. The molecule has 1 aliphatic heterocycles. The number of nitrogens with zero attached hydrogens (tertiary/aromatic N) is 3. The molecule has 134 valence electrons. The first-order valence-electron chi connectivity index (χ1n) is 7.95. The number of piperazine rings is 1. The van der Waals surface area contributed by atoms with Crippen molar-refractivity contribution < 1.29 is 17.6 Å². The van der Waals surface area contributed by atoms with Gasteiger partial charge in [0.15, 0.2) is 0 Å². The van der Waals surface area contributed by atoms with Crippen LogP contribution in [0.5, 0.6) is 0 Å². The Hall–Kier alpha value is -1.51. The van der Waals surface area contributed by atoms with Crippen LogP contribution >= 0.6 is 0 Å². The third-order valence-corrected chi connectivity index (χ3v) is 6.19. The number of benzene rings is 1. The number of likely N-dealkylation sites (N-methyl/N-ethyl adjacent to an activating group) is 1. The molecule has 24 heavy (non-hydrogen) atoms. The summed E-state index contributed by atoms with van der Waals surface area (Å²) in [5, 5.41) is 0. The molecular weight excluding hydrogens is 333 g/mol. The Balaban J connectivity index is 1.96. The molecule has 1 aromatic carbocycles. The highest BCUT2D eigenvalue weighted by Crippen LogP contribution is 2.18. The third kappa shape index (κ3) is 4.31. The van der Waals surface area contributed by atoms with Gasteiger partial charge in [-0.2, -0.15) is 4.31 Å². The zero-order valence-electron chi connectivity index (χ0n) is 14.3. The van der Waals surface area contributed by atoms with E-state index >= 15 is 0 Å². The van der Waals surface area contributed by atoms with Crippen molar-refractivity contribution in [1.82, 2.24) is 14.1 Å². The highest BCUT2D eigenvalue weighted by Gasteiger charge is 2.29. The second-order valence-electron chi connectivity index (χ2n) is 6.24. The van der Waals surface area contributed by atoms with Gasteiger partial charge in [-0.1, -0.05) is 6.07 Å². The minimum atomic E-state index is -3.69. The summed E-state index contributed by atoms with van der Waals surface area (Å²) >= 11 is 0. The molecule has 0 unspecified atom stereocenters. The van der Waals surface area contributed by atoms with E-state index in [1.54, 1.807) is 11.9 Å². The number of carbonyl (C=O) groups excluding carboxylic acids is 1. The van der Waals surface area contributed by atoms with E-state index in [2.05, 4.69) is 0 Å². The second-order valence-corrected chi connectivity index (χ2v) is 8.17. The maximum absolute atomic E-state index is 13.3. The Morgan fingerprint density at radius 2 is 1.88 bits per heavy atom. The van der Waals surface area contributed by atoms with Gasteiger partial charge in [-0.05, 0) is 32.0 Å². The summed E-state index contributed by atoms with van der Waals surface area (Å²) in [5.41, 5.74) is 0. The lowest BCUT2D eigenvalue weighted by molar-refractivity contribution is -0.132. The number of hydrogen-bond donors (Lipinski definition) is 0. The number of halogens is 1. The van der Waals surface area contributed by atoms with E-state index < -0.39 is 15.8 Å². The zero-order valence-corrected chi connectivity index (χ0v) is 15.1. The molecule has 0 bridgehead atoms. The lowest BCUT2D eigenvalue weighted by Gasteiger charge is -2.34. The van der Waals surface area contributed by atoms with Crippen molar-refractivity contribution in [3.63, 3.8) is 0 Å². The number of carbonyl (C=O) groups is 1. The predicted octanol–water partition coefficient (Wildman–Crippen LogP) is 0.999. The van der Waals surface area contributed by atoms with Crippen LogP contribution in [0.2, 0.25) is 0 Å². The van der Waals surface area contributed by atoms with Crippen molar-refractivity contribution in [3.05, 3.63) is 30.1 Å². The van der Waals surface area contributed by atoms with E-state index in [9.17, 15) is 17.6 Å². The molecule has 0 N–H and O–H groups in total. The van der Waals surface area contributed by atoms with Gasteiger partial charge in [0, 0.05) is 39.3 Å². The van der Waals surface area contributed by atoms with E-state index in [1.807, 2.05) is 18.7 Å². The molecule has 0 radical (unpaired) electrons. The molecule has 0 aliphatic carbocycles. The smallest absolute Gasteiger partial charge is 0.243 e. The molecule has 0 aromatic heterocycles. The van der Waals surface area contributed by atoms with Gasteiger partial charge in [0.25, 0.3) is 0 Å². The van der Waals surface area contributed by atoms with E-state index in [-0.39, 0.29) is 36.5 Å². The van der Waals surface area contributed by atoms with E-state index in [0.29, 0.717) is 13.1 Å².